The zero-order valence-electron chi connectivity index (χ0n) is 13.3. The maximum absolute atomic E-state index is 13.3. The van der Waals surface area contributed by atoms with Crippen molar-refractivity contribution < 1.29 is 19.1 Å². The van der Waals surface area contributed by atoms with Gasteiger partial charge in [-0.05, 0) is 36.8 Å². The summed E-state index contributed by atoms with van der Waals surface area (Å²) in [5, 5.41) is 14.3. The molecule has 0 spiro atoms. The zero-order chi connectivity index (χ0) is 17.5. The summed E-state index contributed by atoms with van der Waals surface area (Å²) in [5.74, 6) is -1.17. The Balaban J connectivity index is 1.89. The molecule has 2 amide bonds. The Hall–Kier alpha value is -2.73. The van der Waals surface area contributed by atoms with Crippen LogP contribution in [0, 0.1) is 5.82 Å². The molecule has 24 heavy (non-hydrogen) atoms. The molecule has 3 N–H and O–H groups in total. The largest absolute Gasteiger partial charge is 0.392 e. The first-order valence-electron chi connectivity index (χ1n) is 7.53. The minimum absolute atomic E-state index is 0.173. The number of aliphatic hydroxyl groups is 1. The molecule has 0 heterocycles. The fraction of sp³-hybridized carbons (Fsp3) is 0.222. The third kappa shape index (κ3) is 4.63. The Labute approximate surface area is 139 Å². The van der Waals surface area contributed by atoms with Crippen LogP contribution in [0.25, 0.3) is 0 Å². The number of hydrogen-bond acceptors (Lipinski definition) is 3. The highest BCUT2D eigenvalue weighted by Gasteiger charge is 2.16. The van der Waals surface area contributed by atoms with Gasteiger partial charge >= 0.3 is 0 Å². The van der Waals surface area contributed by atoms with Crippen LogP contribution in [0.15, 0.2) is 48.5 Å². The van der Waals surface area contributed by atoms with Crippen LogP contribution in [0.4, 0.5) is 4.39 Å². The van der Waals surface area contributed by atoms with E-state index in [1.54, 1.807) is 37.3 Å². The Morgan fingerprint density at radius 1 is 1.17 bits per heavy atom. The van der Waals surface area contributed by atoms with Gasteiger partial charge in [-0.2, -0.15) is 0 Å². The van der Waals surface area contributed by atoms with Gasteiger partial charge in [0, 0.05) is 17.7 Å². The Kier molecular flexibility index (Phi) is 6.03. The van der Waals surface area contributed by atoms with Gasteiger partial charge in [0.25, 0.3) is 5.91 Å². The summed E-state index contributed by atoms with van der Waals surface area (Å²) in [6.45, 7) is 1.36. The van der Waals surface area contributed by atoms with Crippen molar-refractivity contribution in [3.05, 3.63) is 71.0 Å². The van der Waals surface area contributed by atoms with Crippen molar-refractivity contribution in [2.24, 2.45) is 0 Å². The fourth-order valence-corrected chi connectivity index (χ4v) is 2.14. The summed E-state index contributed by atoms with van der Waals surface area (Å²) >= 11 is 0. The molecule has 2 rings (SSSR count). The number of carbonyl (C=O) groups excluding carboxylic acids is 2. The van der Waals surface area contributed by atoms with E-state index in [-0.39, 0.29) is 23.9 Å². The molecule has 6 heteroatoms. The first kappa shape index (κ1) is 17.6. The van der Waals surface area contributed by atoms with E-state index in [1.165, 1.54) is 18.2 Å². The Bertz CT molecular complexity index is 719. The number of rotatable bonds is 6. The molecule has 2 aromatic carbocycles. The quantitative estimate of drug-likeness (QED) is 0.755. The van der Waals surface area contributed by atoms with Crippen molar-refractivity contribution in [1.29, 1.82) is 0 Å². The number of hydrogen-bond donors (Lipinski definition) is 3. The lowest BCUT2D eigenvalue weighted by Crippen LogP contribution is -2.44. The molecule has 0 bridgehead atoms. The monoisotopic (exact) mass is 330 g/mol. The van der Waals surface area contributed by atoms with Crippen molar-refractivity contribution in [3.63, 3.8) is 0 Å². The third-order valence-electron chi connectivity index (χ3n) is 3.52. The van der Waals surface area contributed by atoms with Gasteiger partial charge in [0.1, 0.15) is 11.9 Å². The minimum Gasteiger partial charge on any atom is -0.392 e. The van der Waals surface area contributed by atoms with E-state index in [9.17, 15) is 14.0 Å². The van der Waals surface area contributed by atoms with E-state index >= 15 is 0 Å². The second-order valence-electron chi connectivity index (χ2n) is 5.36. The lowest BCUT2D eigenvalue weighted by molar-refractivity contribution is -0.122. The average Bonchev–Trinajstić information content (AvgIpc) is 2.61. The highest BCUT2D eigenvalue weighted by molar-refractivity contribution is 5.97. The van der Waals surface area contributed by atoms with E-state index in [0.717, 1.165) is 0 Å². The minimum atomic E-state index is -0.713. The molecule has 126 valence electrons. The molecule has 0 fully saturated rings. The summed E-state index contributed by atoms with van der Waals surface area (Å²) in [6, 6.07) is 12.2. The zero-order valence-corrected chi connectivity index (χ0v) is 13.3. The van der Waals surface area contributed by atoms with Crippen molar-refractivity contribution >= 4 is 11.8 Å². The van der Waals surface area contributed by atoms with Gasteiger partial charge in [0.2, 0.25) is 5.91 Å². The Morgan fingerprint density at radius 2 is 1.88 bits per heavy atom. The molecule has 2 aromatic rings. The van der Waals surface area contributed by atoms with Crippen LogP contribution >= 0.6 is 0 Å². The molecular formula is C18H19FN2O3. The van der Waals surface area contributed by atoms with Crippen molar-refractivity contribution in [2.45, 2.75) is 26.1 Å². The highest BCUT2D eigenvalue weighted by Crippen LogP contribution is 2.10. The van der Waals surface area contributed by atoms with Gasteiger partial charge < -0.3 is 15.7 Å². The SMILES string of the molecule is CC(NC(=O)c1ccccc1)C(=O)NCc1ccc(F)c(CO)c1. The van der Waals surface area contributed by atoms with Crippen molar-refractivity contribution in [2.75, 3.05) is 0 Å². The van der Waals surface area contributed by atoms with Crippen LogP contribution in [-0.4, -0.2) is 23.0 Å². The van der Waals surface area contributed by atoms with Crippen LogP contribution in [-0.2, 0) is 17.9 Å². The molecular weight excluding hydrogens is 311 g/mol. The highest BCUT2D eigenvalue weighted by atomic mass is 19.1. The summed E-state index contributed by atoms with van der Waals surface area (Å²) in [7, 11) is 0. The first-order chi connectivity index (χ1) is 11.5. The van der Waals surface area contributed by atoms with Crippen LogP contribution < -0.4 is 10.6 Å². The summed E-state index contributed by atoms with van der Waals surface area (Å²) in [6.07, 6.45) is 0. The molecule has 0 saturated carbocycles. The van der Waals surface area contributed by atoms with E-state index < -0.39 is 18.5 Å². The lowest BCUT2D eigenvalue weighted by atomic mass is 10.1. The Morgan fingerprint density at radius 3 is 2.54 bits per heavy atom. The number of nitrogens with one attached hydrogen (secondary N) is 2. The van der Waals surface area contributed by atoms with Crippen LogP contribution in [0.5, 0.6) is 0 Å². The van der Waals surface area contributed by atoms with Crippen molar-refractivity contribution in [1.82, 2.24) is 10.6 Å². The van der Waals surface area contributed by atoms with E-state index in [0.29, 0.717) is 11.1 Å². The van der Waals surface area contributed by atoms with Crippen LogP contribution in [0.1, 0.15) is 28.4 Å². The maximum Gasteiger partial charge on any atom is 0.251 e. The average molecular weight is 330 g/mol. The summed E-state index contributed by atoms with van der Waals surface area (Å²) < 4.78 is 13.3. The number of halogens is 1. The number of aliphatic hydroxyl groups excluding tert-OH is 1. The normalized spacial score (nSPS) is 11.6. The molecule has 1 atom stereocenters. The van der Waals surface area contributed by atoms with Crippen LogP contribution in [0.3, 0.4) is 0 Å². The third-order valence-corrected chi connectivity index (χ3v) is 3.52. The first-order valence-corrected chi connectivity index (χ1v) is 7.53. The smallest absolute Gasteiger partial charge is 0.251 e. The molecule has 0 aromatic heterocycles. The van der Waals surface area contributed by atoms with E-state index in [1.807, 2.05) is 0 Å². The van der Waals surface area contributed by atoms with Gasteiger partial charge in [-0.1, -0.05) is 24.3 Å². The molecule has 0 saturated heterocycles. The standard InChI is InChI=1S/C18H19FN2O3/c1-12(21-18(24)14-5-3-2-4-6-14)17(23)20-10-13-7-8-16(19)15(9-13)11-22/h2-9,12,22H,10-11H2,1H3,(H,20,23)(H,21,24). The van der Waals surface area contributed by atoms with E-state index in [2.05, 4.69) is 10.6 Å². The predicted octanol–water partition coefficient (Wildman–Crippen LogP) is 1.75. The molecule has 0 radical (unpaired) electrons. The van der Waals surface area contributed by atoms with Gasteiger partial charge in [0.05, 0.1) is 6.61 Å². The number of amides is 2. The second kappa shape index (κ2) is 8.21. The predicted molar refractivity (Wildman–Crippen MR) is 87.5 cm³/mol. The molecule has 0 aliphatic heterocycles. The maximum atomic E-state index is 13.3. The lowest BCUT2D eigenvalue weighted by Gasteiger charge is -2.14. The topological polar surface area (TPSA) is 78.4 Å². The second-order valence-corrected chi connectivity index (χ2v) is 5.36. The number of carbonyl (C=O) groups is 2. The fourth-order valence-electron chi connectivity index (χ4n) is 2.14. The van der Waals surface area contributed by atoms with E-state index in [4.69, 9.17) is 5.11 Å². The number of benzene rings is 2. The molecule has 5 nitrogen and oxygen atoms in total. The molecule has 0 aliphatic rings. The van der Waals surface area contributed by atoms with Gasteiger partial charge in [-0.15, -0.1) is 0 Å². The molecule has 0 aliphatic carbocycles. The van der Waals surface area contributed by atoms with Gasteiger partial charge in [-0.3, -0.25) is 9.59 Å². The molecule has 1 unspecified atom stereocenters. The van der Waals surface area contributed by atoms with Gasteiger partial charge in [-0.25, -0.2) is 4.39 Å². The van der Waals surface area contributed by atoms with Crippen molar-refractivity contribution in [3.8, 4) is 0 Å². The van der Waals surface area contributed by atoms with Gasteiger partial charge in [0.15, 0.2) is 0 Å². The summed E-state index contributed by atoms with van der Waals surface area (Å²) in [4.78, 5) is 24.0. The van der Waals surface area contributed by atoms with Crippen LogP contribution in [0.2, 0.25) is 0 Å². The summed E-state index contributed by atoms with van der Waals surface area (Å²) in [5.41, 5.74) is 1.31.